The van der Waals surface area contributed by atoms with E-state index in [-0.39, 0.29) is 18.9 Å². The van der Waals surface area contributed by atoms with Gasteiger partial charge in [0.15, 0.2) is 18.9 Å². The lowest BCUT2D eigenvalue weighted by Crippen LogP contribution is -2.66. The molecule has 0 saturated carbocycles. The summed E-state index contributed by atoms with van der Waals surface area (Å²) in [6.45, 7) is 1.63. The van der Waals surface area contributed by atoms with Crippen LogP contribution in [0, 0.1) is 0 Å². The highest BCUT2D eigenvalue weighted by atomic mass is 16.8. The molecule has 3 fully saturated rings. The molecule has 0 bridgehead atoms. The first-order valence-electron chi connectivity index (χ1n) is 40.8. The molecule has 0 aromatic rings. The number of hydrogen-bond donors (Lipinski definition) is 12. The van der Waals surface area contributed by atoms with Gasteiger partial charge in [-0.05, 0) is 83.5 Å². The summed E-state index contributed by atoms with van der Waals surface area (Å²) in [5.74, 6) is -0.287. The van der Waals surface area contributed by atoms with Gasteiger partial charge in [0.05, 0.1) is 38.6 Å². The van der Waals surface area contributed by atoms with Crippen molar-refractivity contribution in [3.8, 4) is 0 Å². The van der Waals surface area contributed by atoms with Crippen molar-refractivity contribution in [1.29, 1.82) is 0 Å². The van der Waals surface area contributed by atoms with Crippen molar-refractivity contribution in [3.63, 3.8) is 0 Å². The summed E-state index contributed by atoms with van der Waals surface area (Å²) in [7, 11) is 0. The SMILES string of the molecule is CC/C=C\C/C=C\C/C=C\C/C=C\CCCCCCCCCCCCCCCCCCCCCCC(=O)NC(COC1OC(CO)C(OC2OC(CO)C(OC3OC(CO)C(O)C(O)C3O)C(O)C2O)C(O)C1O)C(O)/C=C/CC/C=C/CC/C=C/CCCCCCCCCCCCCCCC. The molecule has 0 aromatic heterocycles. The molecular weight excluding hydrogens is 1300 g/mol. The second-order valence-corrected chi connectivity index (χ2v) is 28.8. The predicted octanol–water partition coefficient (Wildman–Crippen LogP) is 13.8. The summed E-state index contributed by atoms with van der Waals surface area (Å²) in [6, 6.07) is -1.00. The third-order valence-corrected chi connectivity index (χ3v) is 19.9. The van der Waals surface area contributed by atoms with E-state index in [0.29, 0.717) is 12.8 Å². The highest BCUT2D eigenvalue weighted by Gasteiger charge is 2.54. The molecule has 3 aliphatic rings. The molecule has 17 unspecified atom stereocenters. The molecule has 0 radical (unpaired) electrons. The average molecular weight is 1450 g/mol. The Morgan fingerprint density at radius 2 is 0.686 bits per heavy atom. The second kappa shape index (κ2) is 63.0. The first-order chi connectivity index (χ1) is 49.8. The smallest absolute Gasteiger partial charge is 0.220 e. The van der Waals surface area contributed by atoms with Gasteiger partial charge < -0.3 is 89.9 Å². The number of nitrogens with one attached hydrogen (secondary N) is 1. The Labute approximate surface area is 616 Å². The predicted molar refractivity (Wildman–Crippen MR) is 406 cm³/mol. The maximum Gasteiger partial charge on any atom is 0.220 e. The highest BCUT2D eigenvalue weighted by Crippen LogP contribution is 2.33. The minimum Gasteiger partial charge on any atom is -0.394 e. The van der Waals surface area contributed by atoms with Gasteiger partial charge >= 0.3 is 0 Å². The molecule has 102 heavy (non-hydrogen) atoms. The van der Waals surface area contributed by atoms with Crippen LogP contribution in [0.4, 0.5) is 0 Å². The van der Waals surface area contributed by atoms with Crippen LogP contribution in [0.1, 0.15) is 303 Å². The molecule has 0 spiro atoms. The van der Waals surface area contributed by atoms with Crippen LogP contribution in [0.3, 0.4) is 0 Å². The van der Waals surface area contributed by atoms with Crippen LogP contribution in [0.5, 0.6) is 0 Å². The van der Waals surface area contributed by atoms with Gasteiger partial charge in [-0.1, -0.05) is 298 Å². The number of rotatable bonds is 64. The van der Waals surface area contributed by atoms with Gasteiger partial charge in [-0.25, -0.2) is 0 Å². The third-order valence-electron chi connectivity index (χ3n) is 19.9. The Morgan fingerprint density at radius 3 is 1.10 bits per heavy atom. The van der Waals surface area contributed by atoms with Crippen molar-refractivity contribution >= 4 is 5.91 Å². The van der Waals surface area contributed by atoms with E-state index in [1.54, 1.807) is 6.08 Å². The molecule has 3 aliphatic heterocycles. The fraction of sp³-hybridized carbons (Fsp3) is 0.819. The number of aliphatic hydroxyl groups is 11. The zero-order valence-electron chi connectivity index (χ0n) is 63.3. The standard InChI is InChI=1S/C83H147NO18/c1-3-5-7-9-11-13-15-17-19-21-23-25-27-29-30-31-32-33-34-35-36-37-39-41-43-45-47-49-51-53-55-57-59-61-71(89)84-66(67(88)60-58-56-54-52-50-48-46-44-42-40-38-28-26-24-22-20-18-16-14-12-10-8-6-4-2)65-97-81-77(95)74(92)79(69(63-86)99-81)102-83-78(96)75(93)80(70(64-87)100-83)101-82-76(94)73(91)72(90)68(62-85)98-82/h5,7,11,13,17,19,23,25,42,44,50,52,58,60,66-70,72-83,85-88,90-96H,3-4,6,8-10,12,14-16,18,20-22,24,26-41,43,45-49,51,53-57,59,61-65H2,1-2H3,(H,84,89)/b7-5-,13-11-,19-17-,25-23-,44-42+,52-50+,60-58+. The van der Waals surface area contributed by atoms with E-state index in [1.807, 2.05) is 6.08 Å². The normalized spacial score (nSPS) is 26.6. The summed E-state index contributed by atoms with van der Waals surface area (Å²) >= 11 is 0. The third kappa shape index (κ3) is 42.5. The van der Waals surface area contributed by atoms with Gasteiger partial charge in [0, 0.05) is 6.42 Å². The number of hydrogen-bond acceptors (Lipinski definition) is 18. The molecule has 3 saturated heterocycles. The Morgan fingerprint density at radius 1 is 0.363 bits per heavy atom. The fourth-order valence-corrected chi connectivity index (χ4v) is 13.4. The number of carbonyl (C=O) groups excluding carboxylic acids is 1. The molecule has 12 N–H and O–H groups in total. The second-order valence-electron chi connectivity index (χ2n) is 28.8. The summed E-state index contributed by atoms with van der Waals surface area (Å²) in [4.78, 5) is 13.5. The van der Waals surface area contributed by atoms with E-state index in [4.69, 9.17) is 28.4 Å². The van der Waals surface area contributed by atoms with Crippen molar-refractivity contribution < 1.29 is 89.4 Å². The van der Waals surface area contributed by atoms with E-state index in [1.165, 1.54) is 199 Å². The minimum absolute atomic E-state index is 0.231. The van der Waals surface area contributed by atoms with Crippen molar-refractivity contribution in [2.75, 3.05) is 26.4 Å². The maximum atomic E-state index is 13.5. The lowest BCUT2D eigenvalue weighted by molar-refractivity contribution is -0.379. The molecule has 19 heteroatoms. The molecule has 0 aliphatic carbocycles. The average Bonchev–Trinajstić information content (AvgIpc) is 0.781. The summed E-state index contributed by atoms with van der Waals surface area (Å²) in [5, 5.41) is 121. The first-order valence-corrected chi connectivity index (χ1v) is 40.8. The van der Waals surface area contributed by atoms with Crippen LogP contribution in [-0.2, 0) is 33.2 Å². The maximum absolute atomic E-state index is 13.5. The Kier molecular flexibility index (Phi) is 57.5. The van der Waals surface area contributed by atoms with Crippen molar-refractivity contribution in [2.24, 2.45) is 0 Å². The number of ether oxygens (including phenoxy) is 6. The Balaban J connectivity index is 1.37. The van der Waals surface area contributed by atoms with E-state index in [2.05, 4.69) is 92.1 Å². The number of aliphatic hydroxyl groups excluding tert-OH is 11. The fourth-order valence-electron chi connectivity index (χ4n) is 13.4. The minimum atomic E-state index is -1.99. The number of allylic oxidation sites excluding steroid dienone is 13. The zero-order valence-corrected chi connectivity index (χ0v) is 63.3. The molecule has 1 amide bonds. The lowest BCUT2D eigenvalue weighted by Gasteiger charge is -2.48. The van der Waals surface area contributed by atoms with Crippen LogP contribution >= 0.6 is 0 Å². The zero-order chi connectivity index (χ0) is 73.9. The summed E-state index contributed by atoms with van der Waals surface area (Å²) in [6.07, 6.45) is 57.2. The van der Waals surface area contributed by atoms with Gasteiger partial charge in [0.1, 0.15) is 73.2 Å². The monoisotopic (exact) mass is 1450 g/mol. The van der Waals surface area contributed by atoms with E-state index in [9.17, 15) is 61.0 Å². The molecular formula is C83H147NO18. The summed E-state index contributed by atoms with van der Waals surface area (Å²) < 4.78 is 34.4. The topological polar surface area (TPSA) is 307 Å². The van der Waals surface area contributed by atoms with Crippen LogP contribution in [0.25, 0.3) is 0 Å². The quantitative estimate of drug-likeness (QED) is 0.0199. The molecule has 0 aromatic carbocycles. The van der Waals surface area contributed by atoms with Gasteiger partial charge in [-0.3, -0.25) is 4.79 Å². The molecule has 19 nitrogen and oxygen atoms in total. The number of carbonyl (C=O) groups is 1. The van der Waals surface area contributed by atoms with Crippen molar-refractivity contribution in [3.05, 3.63) is 85.1 Å². The van der Waals surface area contributed by atoms with Gasteiger partial charge in [-0.2, -0.15) is 0 Å². The highest BCUT2D eigenvalue weighted by molar-refractivity contribution is 5.76. The first kappa shape index (κ1) is 93.2. The van der Waals surface area contributed by atoms with Crippen molar-refractivity contribution in [2.45, 2.75) is 407 Å². The van der Waals surface area contributed by atoms with Crippen LogP contribution in [0.2, 0.25) is 0 Å². The molecule has 17 atom stereocenters. The van der Waals surface area contributed by atoms with E-state index in [0.717, 1.165) is 70.6 Å². The van der Waals surface area contributed by atoms with Crippen LogP contribution < -0.4 is 5.32 Å². The molecule has 3 rings (SSSR count). The largest absolute Gasteiger partial charge is 0.394 e. The van der Waals surface area contributed by atoms with Gasteiger partial charge in [0.2, 0.25) is 5.91 Å². The van der Waals surface area contributed by atoms with Gasteiger partial charge in [0.25, 0.3) is 0 Å². The number of unbranched alkanes of at least 4 members (excludes halogenated alkanes) is 36. The molecule has 592 valence electrons. The van der Waals surface area contributed by atoms with E-state index < -0.39 is 124 Å². The lowest BCUT2D eigenvalue weighted by atomic mass is 9.96. The molecule has 3 heterocycles. The van der Waals surface area contributed by atoms with Gasteiger partial charge in [-0.15, -0.1) is 0 Å². The Bertz CT molecular complexity index is 2170. The van der Waals surface area contributed by atoms with Crippen LogP contribution in [0.15, 0.2) is 85.1 Å². The van der Waals surface area contributed by atoms with E-state index >= 15 is 0 Å². The van der Waals surface area contributed by atoms with Crippen molar-refractivity contribution in [1.82, 2.24) is 5.32 Å². The number of amides is 1. The summed E-state index contributed by atoms with van der Waals surface area (Å²) in [5.41, 5.74) is 0. The Hall–Kier alpha value is -3.03. The van der Waals surface area contributed by atoms with Crippen LogP contribution in [-0.4, -0.2) is 193 Å².